The van der Waals surface area contributed by atoms with Gasteiger partial charge in [-0.2, -0.15) is 0 Å². The number of halogens is 1. The summed E-state index contributed by atoms with van der Waals surface area (Å²) in [6.45, 7) is 0.113. The predicted octanol–water partition coefficient (Wildman–Crippen LogP) is 4.72. The van der Waals surface area contributed by atoms with Crippen molar-refractivity contribution in [3.8, 4) is 0 Å². The van der Waals surface area contributed by atoms with Gasteiger partial charge in [0.1, 0.15) is 35.0 Å². The maximum Gasteiger partial charge on any atom is 0.141 e. The van der Waals surface area contributed by atoms with Crippen molar-refractivity contribution >= 4 is 33.1 Å². The topological polar surface area (TPSA) is 138 Å². The van der Waals surface area contributed by atoms with Crippen LogP contribution in [0.5, 0.6) is 0 Å². The van der Waals surface area contributed by atoms with Crippen LogP contribution in [0.15, 0.2) is 37.2 Å². The first-order valence-electron chi connectivity index (χ1n) is 14.2. The van der Waals surface area contributed by atoms with E-state index in [1.165, 1.54) is 0 Å². The second-order valence-corrected chi connectivity index (χ2v) is 11.3. The first kappa shape index (κ1) is 25.1. The Morgan fingerprint density at radius 1 is 0.725 bits per heavy atom. The summed E-state index contributed by atoms with van der Waals surface area (Å²) in [6.07, 6.45) is 15.4. The molecule has 0 saturated heterocycles. The minimum absolute atomic E-state index is 0.194. The predicted molar refractivity (Wildman–Crippen MR) is 148 cm³/mol. The van der Waals surface area contributed by atoms with Gasteiger partial charge in [0.05, 0.1) is 18.1 Å². The summed E-state index contributed by atoms with van der Waals surface area (Å²) in [5, 5.41) is 28.5. The molecule has 2 fully saturated rings. The molecule has 2 aliphatic carbocycles. The number of aromatic nitrogens is 10. The minimum Gasteiger partial charge on any atom is -0.396 e. The van der Waals surface area contributed by atoms with E-state index in [0.717, 1.165) is 95.9 Å². The van der Waals surface area contributed by atoms with E-state index >= 15 is 0 Å². The van der Waals surface area contributed by atoms with Crippen LogP contribution in [0.3, 0.4) is 0 Å². The zero-order chi connectivity index (χ0) is 27.1. The van der Waals surface area contributed by atoms with Gasteiger partial charge >= 0.3 is 0 Å². The molecule has 2 saturated carbocycles. The monoisotopic (exact) mass is 544 g/mol. The molecule has 0 unspecified atom stereocenters. The third-order valence-corrected chi connectivity index (χ3v) is 8.94. The van der Waals surface area contributed by atoms with Gasteiger partial charge in [-0.15, -0.1) is 10.2 Å². The van der Waals surface area contributed by atoms with Gasteiger partial charge in [-0.05, 0) is 75.3 Å². The summed E-state index contributed by atoms with van der Waals surface area (Å²) in [5.41, 5.74) is 5.97. The van der Waals surface area contributed by atoms with Gasteiger partial charge < -0.3 is 15.1 Å². The lowest BCUT2D eigenvalue weighted by atomic mass is 9.80. The van der Waals surface area contributed by atoms with Crippen LogP contribution in [0, 0.1) is 11.8 Å². The zero-order valence-corrected chi connectivity index (χ0v) is 22.2. The molecule has 0 atom stereocenters. The summed E-state index contributed by atoms with van der Waals surface area (Å²) in [4.78, 5) is 14.9. The van der Waals surface area contributed by atoms with E-state index in [2.05, 4.69) is 40.6 Å². The van der Waals surface area contributed by atoms with Crippen molar-refractivity contribution < 1.29 is 9.50 Å². The lowest BCUT2D eigenvalue weighted by Crippen LogP contribution is -2.16. The van der Waals surface area contributed by atoms with Gasteiger partial charge in [0.25, 0.3) is 0 Å². The first-order chi connectivity index (χ1) is 19.7. The third-order valence-electron chi connectivity index (χ3n) is 8.94. The summed E-state index contributed by atoms with van der Waals surface area (Å²) in [6, 6.07) is 4.04. The van der Waals surface area contributed by atoms with Crippen LogP contribution in [0.1, 0.15) is 74.6 Å². The Hall–Kier alpha value is -3.93. The summed E-state index contributed by atoms with van der Waals surface area (Å²) in [5.74, 6) is 1.52. The highest BCUT2D eigenvalue weighted by Crippen LogP contribution is 2.38. The fourth-order valence-electron chi connectivity index (χ4n) is 6.60. The quantitative estimate of drug-likeness (QED) is 0.292. The molecule has 0 aliphatic heterocycles. The second kappa shape index (κ2) is 10.6. The van der Waals surface area contributed by atoms with Crippen LogP contribution in [0.2, 0.25) is 0 Å². The van der Waals surface area contributed by atoms with Crippen molar-refractivity contribution in [2.75, 3.05) is 13.3 Å². The molecule has 6 heterocycles. The van der Waals surface area contributed by atoms with Crippen LogP contribution in [-0.4, -0.2) is 68.0 Å². The molecule has 8 rings (SSSR count). The molecule has 3 N–H and O–H groups in total. The SMILES string of the molecule is FCC1CCC(c2nnn3cnc4[nH]ccc4c23)CC1.OCC1CCC(c2nnn3cnc4[nH]ccc4c23)CC1. The van der Waals surface area contributed by atoms with Gasteiger partial charge in [0, 0.05) is 41.6 Å². The van der Waals surface area contributed by atoms with E-state index in [9.17, 15) is 9.50 Å². The Morgan fingerprint density at radius 2 is 1.20 bits per heavy atom. The fourth-order valence-corrected chi connectivity index (χ4v) is 6.60. The van der Waals surface area contributed by atoms with Crippen molar-refractivity contribution in [1.29, 1.82) is 0 Å². The van der Waals surface area contributed by atoms with Crippen LogP contribution < -0.4 is 0 Å². The molecule has 11 nitrogen and oxygen atoms in total. The van der Waals surface area contributed by atoms with E-state index in [4.69, 9.17) is 0 Å². The van der Waals surface area contributed by atoms with E-state index in [0.29, 0.717) is 24.4 Å². The van der Waals surface area contributed by atoms with E-state index in [1.54, 1.807) is 21.7 Å². The Morgan fingerprint density at radius 3 is 1.65 bits per heavy atom. The Labute approximate surface area is 229 Å². The number of rotatable bonds is 4. The van der Waals surface area contributed by atoms with Crippen molar-refractivity contribution in [1.82, 2.24) is 49.6 Å². The number of aromatic amines is 2. The van der Waals surface area contributed by atoms with E-state index in [-0.39, 0.29) is 12.6 Å². The summed E-state index contributed by atoms with van der Waals surface area (Å²) >= 11 is 0. The maximum absolute atomic E-state index is 12.7. The number of nitrogens with zero attached hydrogens (tertiary/aromatic N) is 8. The number of fused-ring (bicyclic) bond motifs is 6. The fraction of sp³-hybridized carbons (Fsp3) is 0.500. The molecule has 6 aromatic heterocycles. The normalized spacial score (nSPS) is 23.6. The number of aliphatic hydroxyl groups is 1. The standard InChI is InChI=1S/C14H16FN5.C14H17N5O/c15-7-9-1-3-10(4-2-9)12-13-11-5-6-16-14(11)17-8-20(13)19-18-12;20-7-9-1-3-10(4-2-9)12-13-11-5-6-15-14(11)16-8-19(13)18-17-12/h5-6,8-10,16H,1-4,7H2;5-6,8-10,15,20H,1-4,7H2. The molecule has 0 bridgehead atoms. The molecule has 0 radical (unpaired) electrons. The molecule has 208 valence electrons. The van der Waals surface area contributed by atoms with E-state index in [1.807, 2.05) is 24.5 Å². The second-order valence-electron chi connectivity index (χ2n) is 11.3. The smallest absolute Gasteiger partial charge is 0.141 e. The number of nitrogens with one attached hydrogen (secondary N) is 2. The molecule has 40 heavy (non-hydrogen) atoms. The highest BCUT2D eigenvalue weighted by Gasteiger charge is 2.28. The average molecular weight is 545 g/mol. The third kappa shape index (κ3) is 4.40. The zero-order valence-electron chi connectivity index (χ0n) is 22.2. The first-order valence-corrected chi connectivity index (χ1v) is 14.2. The molecule has 6 aromatic rings. The number of hydrogen-bond donors (Lipinski definition) is 3. The van der Waals surface area contributed by atoms with Gasteiger partial charge in [-0.25, -0.2) is 19.0 Å². The van der Waals surface area contributed by atoms with Crippen LogP contribution >= 0.6 is 0 Å². The highest BCUT2D eigenvalue weighted by atomic mass is 19.1. The molecule has 12 heteroatoms. The van der Waals surface area contributed by atoms with Crippen LogP contribution in [-0.2, 0) is 0 Å². The molecular formula is C28H33FN10O. The van der Waals surface area contributed by atoms with Crippen LogP contribution in [0.4, 0.5) is 4.39 Å². The maximum atomic E-state index is 12.7. The molecule has 2 aliphatic rings. The Balaban J connectivity index is 0.000000132. The van der Waals surface area contributed by atoms with Gasteiger partial charge in [0.2, 0.25) is 0 Å². The lowest BCUT2D eigenvalue weighted by Gasteiger charge is -2.26. The van der Waals surface area contributed by atoms with Gasteiger partial charge in [-0.3, -0.25) is 4.39 Å². The van der Waals surface area contributed by atoms with Crippen molar-refractivity contribution in [3.05, 3.63) is 48.6 Å². The van der Waals surface area contributed by atoms with Crippen molar-refractivity contribution in [2.24, 2.45) is 11.8 Å². The van der Waals surface area contributed by atoms with Crippen molar-refractivity contribution in [3.63, 3.8) is 0 Å². The number of aliphatic hydroxyl groups excluding tert-OH is 1. The average Bonchev–Trinajstić information content (AvgIpc) is 3.82. The molecule has 0 amide bonds. The van der Waals surface area contributed by atoms with Gasteiger partial charge in [0.15, 0.2) is 0 Å². The van der Waals surface area contributed by atoms with Crippen molar-refractivity contribution in [2.45, 2.75) is 63.2 Å². The Kier molecular flexibility index (Phi) is 6.62. The molecular weight excluding hydrogens is 511 g/mol. The summed E-state index contributed by atoms with van der Waals surface area (Å²) in [7, 11) is 0. The number of hydrogen-bond acceptors (Lipinski definition) is 7. The number of alkyl halides is 1. The summed E-state index contributed by atoms with van der Waals surface area (Å²) < 4.78 is 16.2. The van der Waals surface area contributed by atoms with E-state index < -0.39 is 0 Å². The Bertz CT molecular complexity index is 1610. The largest absolute Gasteiger partial charge is 0.396 e. The molecule has 0 spiro atoms. The number of H-pyrrole nitrogens is 2. The lowest BCUT2D eigenvalue weighted by molar-refractivity contribution is 0.182. The molecule has 0 aromatic carbocycles. The highest BCUT2D eigenvalue weighted by molar-refractivity contribution is 5.93. The van der Waals surface area contributed by atoms with Gasteiger partial charge in [-0.1, -0.05) is 10.4 Å². The minimum atomic E-state index is -0.194. The van der Waals surface area contributed by atoms with Crippen LogP contribution in [0.25, 0.3) is 33.1 Å².